The molecule has 2 N–H and O–H groups in total. The van der Waals surface area contributed by atoms with Gasteiger partial charge in [0.1, 0.15) is 0 Å². The molecule has 4 heteroatoms. The Labute approximate surface area is 120 Å². The van der Waals surface area contributed by atoms with E-state index >= 15 is 0 Å². The third-order valence-corrected chi connectivity index (χ3v) is 4.21. The van der Waals surface area contributed by atoms with Crippen molar-refractivity contribution < 1.29 is 0 Å². The van der Waals surface area contributed by atoms with Gasteiger partial charge in [0.2, 0.25) is 0 Å². The molecule has 0 radical (unpaired) electrons. The summed E-state index contributed by atoms with van der Waals surface area (Å²) in [4.78, 5) is 2.53. The van der Waals surface area contributed by atoms with Crippen molar-refractivity contribution in [2.45, 2.75) is 25.9 Å². The van der Waals surface area contributed by atoms with Gasteiger partial charge in [0.15, 0.2) is 0 Å². The number of nitrogens with two attached hydrogens (primary N) is 1. The normalized spacial score (nSPS) is 23.3. The van der Waals surface area contributed by atoms with Crippen LogP contribution in [0.25, 0.3) is 5.69 Å². The van der Waals surface area contributed by atoms with Crippen molar-refractivity contribution in [2.24, 2.45) is 11.7 Å². The van der Waals surface area contributed by atoms with Crippen molar-refractivity contribution in [1.29, 1.82) is 0 Å². The first-order valence-electron chi connectivity index (χ1n) is 7.29. The monoisotopic (exact) mass is 270 g/mol. The van der Waals surface area contributed by atoms with E-state index in [9.17, 15) is 0 Å². The Morgan fingerprint density at radius 3 is 2.70 bits per heavy atom. The molecular formula is C16H22N4. The van der Waals surface area contributed by atoms with Crippen LogP contribution in [0, 0.1) is 5.92 Å². The van der Waals surface area contributed by atoms with Crippen molar-refractivity contribution in [2.75, 3.05) is 13.1 Å². The lowest BCUT2D eigenvalue weighted by atomic mass is 10.1. The molecule has 20 heavy (non-hydrogen) atoms. The Bertz CT molecular complexity index is 532. The molecule has 1 aliphatic rings. The number of nitrogens with zero attached hydrogens (tertiary/aromatic N) is 3. The van der Waals surface area contributed by atoms with Crippen molar-refractivity contribution in [1.82, 2.24) is 14.7 Å². The number of likely N-dealkylation sites (tertiary alicyclic amines) is 1. The van der Waals surface area contributed by atoms with Crippen LogP contribution in [-0.4, -0.2) is 33.8 Å². The molecule has 2 heterocycles. The smallest absolute Gasteiger partial charge is 0.0645 e. The lowest BCUT2D eigenvalue weighted by Crippen LogP contribution is -2.27. The molecule has 1 aliphatic heterocycles. The zero-order valence-electron chi connectivity index (χ0n) is 11.9. The number of hydrogen-bond donors (Lipinski definition) is 1. The molecule has 2 unspecified atom stereocenters. The number of hydrogen-bond acceptors (Lipinski definition) is 3. The minimum atomic E-state index is 0.634. The highest BCUT2D eigenvalue weighted by Crippen LogP contribution is 2.24. The highest BCUT2D eigenvalue weighted by molar-refractivity contribution is 5.33. The van der Waals surface area contributed by atoms with Crippen molar-refractivity contribution >= 4 is 0 Å². The first kappa shape index (κ1) is 13.3. The summed E-state index contributed by atoms with van der Waals surface area (Å²) in [5, 5.41) is 4.24. The van der Waals surface area contributed by atoms with Gasteiger partial charge in [0.25, 0.3) is 0 Å². The number of benzene rings is 1. The molecule has 3 rings (SSSR count). The molecule has 0 spiro atoms. The summed E-state index contributed by atoms with van der Waals surface area (Å²) in [5.41, 5.74) is 8.25. The van der Waals surface area contributed by atoms with Crippen LogP contribution in [0.4, 0.5) is 0 Å². The predicted octanol–water partition coefficient (Wildman–Crippen LogP) is 2.04. The van der Waals surface area contributed by atoms with Crippen LogP contribution >= 0.6 is 0 Å². The molecule has 1 saturated heterocycles. The van der Waals surface area contributed by atoms with E-state index in [2.05, 4.69) is 41.2 Å². The topological polar surface area (TPSA) is 47.1 Å². The average Bonchev–Trinajstić information content (AvgIpc) is 3.10. The van der Waals surface area contributed by atoms with E-state index in [1.807, 2.05) is 16.9 Å². The third-order valence-electron chi connectivity index (χ3n) is 4.21. The van der Waals surface area contributed by atoms with E-state index in [0.717, 1.165) is 25.3 Å². The molecule has 0 saturated carbocycles. The molecular weight excluding hydrogens is 248 g/mol. The van der Waals surface area contributed by atoms with Crippen LogP contribution in [0.15, 0.2) is 42.7 Å². The van der Waals surface area contributed by atoms with E-state index in [1.54, 1.807) is 6.20 Å². The Hall–Kier alpha value is -1.65. The lowest BCUT2D eigenvalue weighted by Gasteiger charge is -2.21. The Morgan fingerprint density at radius 1 is 1.30 bits per heavy atom. The van der Waals surface area contributed by atoms with Crippen molar-refractivity contribution in [3.63, 3.8) is 0 Å². The second-order valence-corrected chi connectivity index (χ2v) is 5.73. The molecule has 1 aromatic heterocycles. The fraction of sp³-hybridized carbons (Fsp3) is 0.438. The van der Waals surface area contributed by atoms with Gasteiger partial charge in [-0.15, -0.1) is 0 Å². The second-order valence-electron chi connectivity index (χ2n) is 5.73. The first-order chi connectivity index (χ1) is 9.76. The van der Waals surface area contributed by atoms with Gasteiger partial charge in [0, 0.05) is 31.5 Å². The van der Waals surface area contributed by atoms with Gasteiger partial charge < -0.3 is 5.73 Å². The molecule has 2 aromatic rings. The highest BCUT2D eigenvalue weighted by atomic mass is 15.3. The van der Waals surface area contributed by atoms with E-state index in [-0.39, 0.29) is 0 Å². The van der Waals surface area contributed by atoms with Gasteiger partial charge in [0.05, 0.1) is 5.69 Å². The lowest BCUT2D eigenvalue weighted by molar-refractivity contribution is 0.256. The van der Waals surface area contributed by atoms with E-state index in [1.165, 1.54) is 12.0 Å². The van der Waals surface area contributed by atoms with Gasteiger partial charge >= 0.3 is 0 Å². The molecule has 0 bridgehead atoms. The van der Waals surface area contributed by atoms with E-state index in [4.69, 9.17) is 5.73 Å². The Kier molecular flexibility index (Phi) is 3.85. The van der Waals surface area contributed by atoms with Gasteiger partial charge in [-0.3, -0.25) is 4.90 Å². The van der Waals surface area contributed by atoms with Crippen LogP contribution in [0.2, 0.25) is 0 Å². The fourth-order valence-electron chi connectivity index (χ4n) is 3.02. The van der Waals surface area contributed by atoms with Crippen LogP contribution in [-0.2, 0) is 6.54 Å². The maximum Gasteiger partial charge on any atom is 0.0645 e. The standard InChI is InChI=1S/C16H22N4/c1-13-9-15(10-17)12-19(13)11-14-3-5-16(6-4-14)20-8-2-7-18-20/h2-8,13,15H,9-12,17H2,1H3. The van der Waals surface area contributed by atoms with Crippen LogP contribution in [0.5, 0.6) is 0 Å². The summed E-state index contributed by atoms with van der Waals surface area (Å²) >= 11 is 0. The summed E-state index contributed by atoms with van der Waals surface area (Å²) < 4.78 is 1.88. The maximum absolute atomic E-state index is 5.79. The molecule has 4 nitrogen and oxygen atoms in total. The van der Waals surface area contributed by atoms with Gasteiger partial charge in [-0.25, -0.2) is 4.68 Å². The van der Waals surface area contributed by atoms with Crippen LogP contribution in [0.1, 0.15) is 18.9 Å². The summed E-state index contributed by atoms with van der Waals surface area (Å²) in [6.45, 7) is 5.24. The Morgan fingerprint density at radius 2 is 2.10 bits per heavy atom. The quantitative estimate of drug-likeness (QED) is 0.925. The summed E-state index contributed by atoms with van der Waals surface area (Å²) in [7, 11) is 0. The van der Waals surface area contributed by atoms with Crippen LogP contribution in [0.3, 0.4) is 0 Å². The summed E-state index contributed by atoms with van der Waals surface area (Å²) in [6, 6.07) is 11.2. The fourth-order valence-corrected chi connectivity index (χ4v) is 3.02. The van der Waals surface area contributed by atoms with Gasteiger partial charge in [-0.2, -0.15) is 5.10 Å². The molecule has 0 aliphatic carbocycles. The molecule has 0 amide bonds. The summed E-state index contributed by atoms with van der Waals surface area (Å²) in [6.07, 6.45) is 4.98. The second kappa shape index (κ2) is 5.77. The van der Waals surface area contributed by atoms with E-state index < -0.39 is 0 Å². The SMILES string of the molecule is CC1CC(CN)CN1Cc1ccc(-n2cccn2)cc1. The van der Waals surface area contributed by atoms with Crippen molar-refractivity contribution in [3.8, 4) is 5.69 Å². The van der Waals surface area contributed by atoms with E-state index in [0.29, 0.717) is 12.0 Å². The molecule has 1 fully saturated rings. The Balaban J connectivity index is 1.67. The zero-order chi connectivity index (χ0) is 13.9. The average molecular weight is 270 g/mol. The zero-order valence-corrected chi connectivity index (χ0v) is 11.9. The largest absolute Gasteiger partial charge is 0.330 e. The summed E-state index contributed by atoms with van der Waals surface area (Å²) in [5.74, 6) is 0.661. The highest BCUT2D eigenvalue weighted by Gasteiger charge is 2.27. The maximum atomic E-state index is 5.79. The van der Waals surface area contributed by atoms with Gasteiger partial charge in [-0.05, 0) is 49.6 Å². The minimum Gasteiger partial charge on any atom is -0.330 e. The molecule has 106 valence electrons. The van der Waals surface area contributed by atoms with Gasteiger partial charge in [-0.1, -0.05) is 12.1 Å². The molecule has 2 atom stereocenters. The first-order valence-corrected chi connectivity index (χ1v) is 7.29. The number of rotatable bonds is 4. The predicted molar refractivity (Wildman–Crippen MR) is 80.6 cm³/mol. The van der Waals surface area contributed by atoms with Crippen LogP contribution < -0.4 is 5.73 Å². The van der Waals surface area contributed by atoms with Crippen molar-refractivity contribution in [3.05, 3.63) is 48.3 Å². The minimum absolute atomic E-state index is 0.634. The molecule has 1 aromatic carbocycles. The third kappa shape index (κ3) is 2.76. The number of aromatic nitrogens is 2.